The van der Waals surface area contributed by atoms with E-state index in [-0.39, 0.29) is 5.57 Å². The van der Waals surface area contributed by atoms with E-state index in [0.717, 1.165) is 31.3 Å². The highest BCUT2D eigenvalue weighted by Crippen LogP contribution is 2.13. The summed E-state index contributed by atoms with van der Waals surface area (Å²) in [5.74, 6) is -0.196. The van der Waals surface area contributed by atoms with Crippen LogP contribution in [0.1, 0.15) is 58.8 Å². The SMILES string of the molecule is CC(C)CCCCCCCC(=CC#N)C(=O)O. The van der Waals surface area contributed by atoms with E-state index in [2.05, 4.69) is 13.8 Å². The quantitative estimate of drug-likeness (QED) is 0.376. The predicted molar refractivity (Wildman–Crippen MR) is 68.5 cm³/mol. The number of hydrogen-bond donors (Lipinski definition) is 1. The Morgan fingerprint density at radius 2 is 1.82 bits per heavy atom. The predicted octanol–water partition coefficient (Wildman–Crippen LogP) is 3.91. The van der Waals surface area contributed by atoms with Gasteiger partial charge in [0.2, 0.25) is 0 Å². The van der Waals surface area contributed by atoms with Crippen molar-refractivity contribution in [1.82, 2.24) is 0 Å². The van der Waals surface area contributed by atoms with Crippen molar-refractivity contribution in [1.29, 1.82) is 5.26 Å². The van der Waals surface area contributed by atoms with Crippen LogP contribution in [0.3, 0.4) is 0 Å². The number of rotatable bonds is 9. The molecule has 0 heterocycles. The van der Waals surface area contributed by atoms with Crippen molar-refractivity contribution in [3.63, 3.8) is 0 Å². The minimum Gasteiger partial charge on any atom is -0.478 e. The Bertz CT molecular complexity index is 287. The summed E-state index contributed by atoms with van der Waals surface area (Å²) in [5.41, 5.74) is 0.231. The molecule has 0 spiro atoms. The second kappa shape index (κ2) is 9.89. The van der Waals surface area contributed by atoms with Crippen LogP contribution < -0.4 is 0 Å². The lowest BCUT2D eigenvalue weighted by molar-refractivity contribution is -0.132. The molecule has 3 nitrogen and oxygen atoms in total. The van der Waals surface area contributed by atoms with Crippen molar-refractivity contribution in [2.45, 2.75) is 58.8 Å². The molecule has 0 amide bonds. The van der Waals surface area contributed by atoms with Gasteiger partial charge in [0.05, 0.1) is 6.07 Å². The van der Waals surface area contributed by atoms with Gasteiger partial charge in [-0.15, -0.1) is 0 Å². The maximum atomic E-state index is 10.7. The van der Waals surface area contributed by atoms with Gasteiger partial charge in [-0.3, -0.25) is 0 Å². The second-order valence-corrected chi connectivity index (χ2v) is 4.80. The van der Waals surface area contributed by atoms with Crippen molar-refractivity contribution in [2.75, 3.05) is 0 Å². The summed E-state index contributed by atoms with van der Waals surface area (Å²) in [5, 5.41) is 17.2. The van der Waals surface area contributed by atoms with Crippen LogP contribution in [0.25, 0.3) is 0 Å². The molecule has 0 aliphatic carbocycles. The van der Waals surface area contributed by atoms with Crippen molar-refractivity contribution >= 4 is 5.97 Å². The molecule has 0 saturated heterocycles. The molecule has 1 N–H and O–H groups in total. The van der Waals surface area contributed by atoms with E-state index in [9.17, 15) is 4.79 Å². The highest BCUT2D eigenvalue weighted by molar-refractivity contribution is 5.87. The van der Waals surface area contributed by atoms with Crippen molar-refractivity contribution in [3.05, 3.63) is 11.6 Å². The van der Waals surface area contributed by atoms with Crippen LogP contribution in [0, 0.1) is 17.2 Å². The number of carboxylic acid groups (broad SMARTS) is 1. The third-order valence-electron chi connectivity index (χ3n) is 2.74. The lowest BCUT2D eigenvalue weighted by Gasteiger charge is -2.04. The molecule has 0 atom stereocenters. The summed E-state index contributed by atoms with van der Waals surface area (Å²) in [6.45, 7) is 4.46. The summed E-state index contributed by atoms with van der Waals surface area (Å²) in [4.78, 5) is 10.7. The first-order chi connectivity index (χ1) is 8.07. The summed E-state index contributed by atoms with van der Waals surface area (Å²) in [6, 6.07) is 1.78. The van der Waals surface area contributed by atoms with Gasteiger partial charge in [-0.05, 0) is 18.8 Å². The molecule has 0 unspecified atom stereocenters. The maximum Gasteiger partial charge on any atom is 0.332 e. The summed E-state index contributed by atoms with van der Waals surface area (Å²) >= 11 is 0. The molecular weight excluding hydrogens is 214 g/mol. The smallest absolute Gasteiger partial charge is 0.332 e. The fraction of sp³-hybridized carbons (Fsp3) is 0.714. The zero-order chi connectivity index (χ0) is 13.1. The molecule has 0 aliphatic rings. The van der Waals surface area contributed by atoms with Crippen molar-refractivity contribution in [2.24, 2.45) is 5.92 Å². The number of carboxylic acids is 1. The average Bonchev–Trinajstić information content (AvgIpc) is 2.25. The Morgan fingerprint density at radius 1 is 1.24 bits per heavy atom. The highest BCUT2D eigenvalue weighted by Gasteiger charge is 2.05. The Labute approximate surface area is 104 Å². The second-order valence-electron chi connectivity index (χ2n) is 4.80. The molecule has 17 heavy (non-hydrogen) atoms. The van der Waals surface area contributed by atoms with Crippen LogP contribution in [0.15, 0.2) is 11.6 Å². The van der Waals surface area contributed by atoms with Gasteiger partial charge >= 0.3 is 5.97 Å². The molecule has 96 valence electrons. The van der Waals surface area contributed by atoms with Gasteiger partial charge in [-0.25, -0.2) is 4.79 Å². The number of unbranched alkanes of at least 4 members (excludes halogenated alkanes) is 4. The van der Waals surface area contributed by atoms with Gasteiger partial charge in [0.1, 0.15) is 0 Å². The van der Waals surface area contributed by atoms with Gasteiger partial charge in [0, 0.05) is 11.6 Å². The zero-order valence-corrected chi connectivity index (χ0v) is 10.9. The van der Waals surface area contributed by atoms with E-state index < -0.39 is 5.97 Å². The average molecular weight is 237 g/mol. The number of carbonyl (C=O) groups is 1. The Hall–Kier alpha value is -1.30. The first-order valence-electron chi connectivity index (χ1n) is 6.40. The molecule has 0 aromatic heterocycles. The fourth-order valence-corrected chi connectivity index (χ4v) is 1.72. The third-order valence-corrected chi connectivity index (χ3v) is 2.74. The van der Waals surface area contributed by atoms with E-state index in [1.54, 1.807) is 6.07 Å². The molecule has 0 rings (SSSR count). The van der Waals surface area contributed by atoms with Gasteiger partial charge < -0.3 is 5.11 Å². The molecule has 0 aromatic rings. The van der Waals surface area contributed by atoms with Crippen LogP contribution in [0.2, 0.25) is 0 Å². The summed E-state index contributed by atoms with van der Waals surface area (Å²) < 4.78 is 0. The fourth-order valence-electron chi connectivity index (χ4n) is 1.72. The monoisotopic (exact) mass is 237 g/mol. The Balaban J connectivity index is 3.54. The van der Waals surface area contributed by atoms with Crippen LogP contribution >= 0.6 is 0 Å². The van der Waals surface area contributed by atoms with Crippen molar-refractivity contribution in [3.8, 4) is 6.07 Å². The summed E-state index contributed by atoms with van der Waals surface area (Å²) in [6.07, 6.45) is 8.48. The van der Waals surface area contributed by atoms with Crippen LogP contribution in [0.4, 0.5) is 0 Å². The zero-order valence-electron chi connectivity index (χ0n) is 10.9. The maximum absolute atomic E-state index is 10.7. The normalized spacial score (nSPS) is 11.5. The Kier molecular flexibility index (Phi) is 9.14. The van der Waals surface area contributed by atoms with Crippen LogP contribution in [-0.2, 0) is 4.79 Å². The Morgan fingerprint density at radius 3 is 2.35 bits per heavy atom. The molecule has 0 saturated carbocycles. The molecule has 0 radical (unpaired) electrons. The van der Waals surface area contributed by atoms with Gasteiger partial charge in [0.25, 0.3) is 0 Å². The largest absolute Gasteiger partial charge is 0.478 e. The molecular formula is C14H23NO2. The third kappa shape index (κ3) is 9.62. The number of nitrogens with zero attached hydrogens (tertiary/aromatic N) is 1. The minimum atomic E-state index is -0.966. The number of hydrogen-bond acceptors (Lipinski definition) is 2. The van der Waals surface area contributed by atoms with E-state index in [1.807, 2.05) is 0 Å². The molecule has 0 aliphatic heterocycles. The van der Waals surface area contributed by atoms with Crippen molar-refractivity contribution < 1.29 is 9.90 Å². The van der Waals surface area contributed by atoms with Gasteiger partial charge in [-0.1, -0.05) is 46.0 Å². The lowest BCUT2D eigenvalue weighted by Crippen LogP contribution is -2.00. The molecule has 0 aromatic carbocycles. The van der Waals surface area contributed by atoms with Crippen LogP contribution in [-0.4, -0.2) is 11.1 Å². The molecule has 0 bridgehead atoms. The van der Waals surface area contributed by atoms with E-state index in [1.165, 1.54) is 19.3 Å². The summed E-state index contributed by atoms with van der Waals surface area (Å²) in [7, 11) is 0. The standard InChI is InChI=1S/C14H23NO2/c1-12(2)8-6-4-3-5-7-9-13(10-11-15)14(16)17/h10,12H,3-9H2,1-2H3,(H,16,17). The van der Waals surface area contributed by atoms with E-state index in [4.69, 9.17) is 10.4 Å². The number of allylic oxidation sites excluding steroid dienone is 1. The number of nitriles is 1. The van der Waals surface area contributed by atoms with E-state index >= 15 is 0 Å². The van der Waals surface area contributed by atoms with E-state index in [0.29, 0.717) is 6.42 Å². The van der Waals surface area contributed by atoms with Gasteiger partial charge in [0.15, 0.2) is 0 Å². The highest BCUT2D eigenvalue weighted by atomic mass is 16.4. The minimum absolute atomic E-state index is 0.231. The van der Waals surface area contributed by atoms with Crippen LogP contribution in [0.5, 0.6) is 0 Å². The first-order valence-corrected chi connectivity index (χ1v) is 6.40. The first kappa shape index (κ1) is 15.7. The number of aliphatic carboxylic acids is 1. The molecule has 3 heteroatoms. The topological polar surface area (TPSA) is 61.1 Å². The lowest BCUT2D eigenvalue weighted by atomic mass is 10.0. The van der Waals surface area contributed by atoms with Gasteiger partial charge in [-0.2, -0.15) is 5.26 Å². The molecule has 0 fully saturated rings.